The zero-order chi connectivity index (χ0) is 12.9. The van der Waals surface area contributed by atoms with Crippen molar-refractivity contribution < 1.29 is 23.8 Å². The Morgan fingerprint density at radius 1 is 1.41 bits per heavy atom. The third-order valence-corrected chi connectivity index (χ3v) is 4.06. The lowest BCUT2D eigenvalue weighted by atomic mass is 10.0. The van der Waals surface area contributed by atoms with Crippen LogP contribution in [0.4, 0.5) is 4.79 Å². The Hall–Kier alpha value is 0.457. The summed E-state index contributed by atoms with van der Waals surface area (Å²) in [6.45, 7) is 0.795. The number of carbonyl (C=O) groups is 2. The van der Waals surface area contributed by atoms with E-state index in [1.54, 1.807) is 0 Å². The van der Waals surface area contributed by atoms with Gasteiger partial charge in [-0.25, -0.2) is 0 Å². The van der Waals surface area contributed by atoms with Crippen LogP contribution in [0, 0.1) is 0 Å². The van der Waals surface area contributed by atoms with Crippen LogP contribution in [-0.2, 0) is 19.0 Å². The summed E-state index contributed by atoms with van der Waals surface area (Å²) in [6, 6.07) is 0. The first-order valence-electron chi connectivity index (χ1n) is 5.65. The van der Waals surface area contributed by atoms with Gasteiger partial charge in [-0.15, -0.1) is 0 Å². The van der Waals surface area contributed by atoms with E-state index in [-0.39, 0.29) is 22.5 Å². The Morgan fingerprint density at radius 2 is 2.00 bits per heavy atom. The molecule has 1 saturated heterocycles. The van der Waals surface area contributed by atoms with E-state index in [0.717, 1.165) is 32.6 Å². The number of nitrogens with one attached hydrogen (secondary N) is 1. The molecule has 1 fully saturated rings. The fourth-order valence-corrected chi connectivity index (χ4v) is 2.11. The number of ether oxygens (including phenoxy) is 3. The molecule has 0 unspecified atom stereocenters. The molecule has 0 spiro atoms. The second-order valence-corrected chi connectivity index (χ2v) is 6.62. The first kappa shape index (κ1) is 15.5. The van der Waals surface area contributed by atoms with Gasteiger partial charge in [0.2, 0.25) is 22.2 Å². The molecule has 1 amide bonds. The smallest absolute Gasteiger partial charge is 0.388 e. The monoisotopic (exact) mass is 287 g/mol. The van der Waals surface area contributed by atoms with Crippen LogP contribution in [0.1, 0.15) is 0 Å². The number of amides is 1. The minimum atomic E-state index is -0.706. The molecular weight excluding hydrogens is 271 g/mol. The lowest BCUT2D eigenvalue weighted by Gasteiger charge is -2.39. The topological polar surface area (TPSA) is 73.9 Å². The van der Waals surface area contributed by atoms with Gasteiger partial charge in [-0.1, -0.05) is 0 Å². The number of hydrogen-bond donors (Lipinski definition) is 1. The van der Waals surface area contributed by atoms with Crippen LogP contribution in [0.5, 0.6) is 0 Å². The molecule has 1 N–H and O–H groups in total. The van der Waals surface area contributed by atoms with Gasteiger partial charge >= 0.3 is 32.6 Å². The van der Waals surface area contributed by atoms with Gasteiger partial charge in [-0.05, 0) is 5.28 Å². The largest absolute Gasteiger partial charge is 0.478 e. The molecule has 0 aromatic heterocycles. The summed E-state index contributed by atoms with van der Waals surface area (Å²) in [5.74, 6) is -0.0416. The Morgan fingerprint density at radius 3 is 2.47 bits per heavy atom. The van der Waals surface area contributed by atoms with Crippen molar-refractivity contribution in [2.45, 2.75) is 16.0 Å². The lowest BCUT2D eigenvalue weighted by molar-refractivity contribution is -0.180. The molecule has 0 radical (unpaired) electrons. The first-order chi connectivity index (χ1) is 7.97. The molecule has 1 aliphatic rings. The summed E-state index contributed by atoms with van der Waals surface area (Å²) >= 11 is 1.92. The van der Waals surface area contributed by atoms with E-state index < -0.39 is 5.54 Å². The van der Waals surface area contributed by atoms with Crippen molar-refractivity contribution in [1.29, 1.82) is 0 Å². The molecule has 0 aliphatic carbocycles. The summed E-state index contributed by atoms with van der Waals surface area (Å²) in [7, 11) is 0. The maximum Gasteiger partial charge on any atom is 0.388 e. The summed E-state index contributed by atoms with van der Waals surface area (Å²) in [5, 5.41) is 3.22. The molecule has 92 valence electrons. The van der Waals surface area contributed by atoms with Gasteiger partial charge in [-0.2, -0.15) is 0 Å². The van der Waals surface area contributed by atoms with Crippen molar-refractivity contribution in [3.8, 4) is 0 Å². The van der Waals surface area contributed by atoms with Crippen LogP contribution in [-0.4, -0.2) is 90.1 Å². The van der Waals surface area contributed by atoms with Crippen molar-refractivity contribution in [3.05, 3.63) is 0 Å². The SMILES string of the molecule is O=C([CH2][AlH2])NC1(CO[C](=O)[AlH2])CO[CH]([AlH2])OC1. The van der Waals surface area contributed by atoms with Crippen LogP contribution in [0.2, 0.25) is 5.28 Å². The molecule has 1 heterocycles. The molecule has 1 rings (SSSR count). The van der Waals surface area contributed by atoms with E-state index in [1.165, 1.54) is 0 Å². The van der Waals surface area contributed by atoms with Crippen molar-refractivity contribution in [1.82, 2.24) is 5.32 Å². The van der Waals surface area contributed by atoms with Gasteiger partial charge in [-0.3, -0.25) is 9.59 Å². The first-order valence-corrected chi connectivity index (χ1v) is 9.22. The summed E-state index contributed by atoms with van der Waals surface area (Å²) in [6.07, 6.45) is 0. The van der Waals surface area contributed by atoms with Gasteiger partial charge in [0.1, 0.15) is 12.1 Å². The van der Waals surface area contributed by atoms with E-state index in [0.29, 0.717) is 34.8 Å². The van der Waals surface area contributed by atoms with E-state index in [9.17, 15) is 9.59 Å². The van der Waals surface area contributed by atoms with Gasteiger partial charge in [0, 0.05) is 0 Å². The van der Waals surface area contributed by atoms with Crippen molar-refractivity contribution >= 4 is 59.6 Å². The normalized spacial score (nSPS) is 28.4. The molecule has 0 aromatic carbocycles. The fraction of sp³-hybridized carbons (Fsp3) is 0.750. The molecule has 1 aliphatic heterocycles. The predicted molar refractivity (Wildman–Crippen MR) is 68.4 cm³/mol. The van der Waals surface area contributed by atoms with Gasteiger partial charge < -0.3 is 19.5 Å². The zero-order valence-electron chi connectivity index (χ0n) is 10.4. The molecule has 0 bridgehead atoms. The van der Waals surface area contributed by atoms with Crippen LogP contribution < -0.4 is 5.32 Å². The van der Waals surface area contributed by atoms with Gasteiger partial charge in [0.05, 0.1) is 18.4 Å². The highest BCUT2D eigenvalue weighted by Crippen LogP contribution is 2.15. The van der Waals surface area contributed by atoms with Gasteiger partial charge in [0.15, 0.2) is 4.83 Å². The van der Waals surface area contributed by atoms with E-state index in [2.05, 4.69) is 5.32 Å². The zero-order valence-corrected chi connectivity index (χ0v) is 16.4. The number of rotatable bonds is 4. The quantitative estimate of drug-likeness (QED) is 0.546. The predicted octanol–water partition coefficient (Wildman–Crippen LogP) is -3.37. The minimum Gasteiger partial charge on any atom is -0.478 e. The van der Waals surface area contributed by atoms with E-state index >= 15 is 0 Å². The van der Waals surface area contributed by atoms with Crippen LogP contribution >= 0.6 is 0 Å². The standard InChI is InChI=1S/C8H10NO5.3Al.6H/c1-7(11)9-8(2-12-5-10)3-13-6-14-4-8;;;;;;;;;/h6H,1-4H2,(H,9,11);;;;;;;;;. The Kier molecular flexibility index (Phi) is 6.52. The van der Waals surface area contributed by atoms with E-state index in [4.69, 9.17) is 14.2 Å². The molecular formula is C8H16Al3NO5. The molecule has 9 heteroatoms. The molecule has 17 heavy (non-hydrogen) atoms. The maximum absolute atomic E-state index is 11.5. The average Bonchev–Trinajstić information content (AvgIpc) is 2.30. The summed E-state index contributed by atoms with van der Waals surface area (Å²) < 4.78 is 15.9. The lowest BCUT2D eigenvalue weighted by Crippen LogP contribution is -2.62. The van der Waals surface area contributed by atoms with Crippen molar-refractivity contribution in [2.24, 2.45) is 0 Å². The average molecular weight is 287 g/mol. The Labute approximate surface area is 124 Å². The Balaban J connectivity index is 2.63. The van der Waals surface area contributed by atoms with Crippen LogP contribution in [0.3, 0.4) is 0 Å². The second kappa shape index (κ2) is 7.15. The number of hydrogen-bond acceptors (Lipinski definition) is 5. The molecule has 0 aromatic rings. The maximum atomic E-state index is 11.5. The van der Waals surface area contributed by atoms with Crippen LogP contribution in [0.15, 0.2) is 0 Å². The second-order valence-electron chi connectivity index (χ2n) is 4.15. The third-order valence-electron chi connectivity index (χ3n) is 2.47. The highest BCUT2D eigenvalue weighted by Gasteiger charge is 2.38. The molecule has 0 saturated carbocycles. The number of carbonyl (C=O) groups excluding carboxylic acids is 2. The highest BCUT2D eigenvalue weighted by atomic mass is 27.1. The Bertz CT molecular complexity index is 293. The van der Waals surface area contributed by atoms with Crippen molar-refractivity contribution in [2.75, 3.05) is 19.8 Å². The summed E-state index contributed by atoms with van der Waals surface area (Å²) in [4.78, 5) is 22.2. The fourth-order valence-electron chi connectivity index (χ4n) is 1.46. The van der Waals surface area contributed by atoms with Crippen molar-refractivity contribution in [3.63, 3.8) is 0 Å². The minimum absolute atomic E-state index is 0.0416. The third kappa shape index (κ3) is 5.31. The highest BCUT2D eigenvalue weighted by molar-refractivity contribution is 6.55. The molecule has 6 nitrogen and oxygen atoms in total. The van der Waals surface area contributed by atoms with Gasteiger partial charge in [0.25, 0.3) is 0 Å². The summed E-state index contributed by atoms with van der Waals surface area (Å²) in [5.41, 5.74) is -0.706. The van der Waals surface area contributed by atoms with Crippen LogP contribution in [0.25, 0.3) is 0 Å². The van der Waals surface area contributed by atoms with E-state index in [1.807, 2.05) is 0 Å². The molecule has 0 atom stereocenters.